The van der Waals surface area contributed by atoms with E-state index >= 15 is 8.78 Å². The number of ether oxygens (including phenoxy) is 4. The molecule has 12 heteroatoms. The van der Waals surface area contributed by atoms with Crippen molar-refractivity contribution in [2.24, 2.45) is 0 Å². The summed E-state index contributed by atoms with van der Waals surface area (Å²) >= 11 is 7.58. The number of hydrogen-bond acceptors (Lipinski definition) is 7. The molecule has 1 aliphatic carbocycles. The lowest BCUT2D eigenvalue weighted by Gasteiger charge is -2.36. The molecule has 0 aliphatic heterocycles. The van der Waals surface area contributed by atoms with Crippen LogP contribution in [0, 0.1) is 17.5 Å². The summed E-state index contributed by atoms with van der Waals surface area (Å²) in [6.45, 7) is 4.75. The van der Waals surface area contributed by atoms with Crippen LogP contribution in [0.2, 0.25) is 5.02 Å². The van der Waals surface area contributed by atoms with Crippen LogP contribution in [0.1, 0.15) is 42.3 Å². The van der Waals surface area contributed by atoms with Crippen LogP contribution in [0.15, 0.2) is 59.8 Å². The fourth-order valence-corrected chi connectivity index (χ4v) is 7.09. The maximum atomic E-state index is 15.6. The van der Waals surface area contributed by atoms with Crippen molar-refractivity contribution in [1.82, 2.24) is 14.5 Å². The second kappa shape index (κ2) is 16.5. The molecule has 0 N–H and O–H groups in total. The zero-order valence-corrected chi connectivity index (χ0v) is 29.2. The fraction of sp³-hybridized carbons (Fsp3) is 0.417. The molecule has 7 nitrogen and oxygen atoms in total. The normalized spacial score (nSPS) is 15.9. The molecular weight excluding hydrogens is 663 g/mol. The first-order valence-electron chi connectivity index (χ1n) is 15.9. The van der Waals surface area contributed by atoms with E-state index in [2.05, 4.69) is 6.92 Å². The Labute approximate surface area is 289 Å². The molecule has 1 atom stereocenters. The monoisotopic (exact) mass is 703 g/mol. The van der Waals surface area contributed by atoms with Crippen LogP contribution >= 0.6 is 23.4 Å². The van der Waals surface area contributed by atoms with Crippen molar-refractivity contribution < 1.29 is 32.1 Å². The number of halogens is 4. The van der Waals surface area contributed by atoms with Crippen molar-refractivity contribution in [1.29, 1.82) is 0 Å². The number of methoxy groups -OCH3 is 1. The predicted octanol–water partition coefficient (Wildman–Crippen LogP) is 7.86. The minimum Gasteiger partial charge on any atom is -0.495 e. The van der Waals surface area contributed by atoms with Gasteiger partial charge < -0.3 is 23.8 Å². The number of benzene rings is 3. The third-order valence-corrected chi connectivity index (χ3v) is 9.72. The van der Waals surface area contributed by atoms with E-state index in [1.165, 1.54) is 36.0 Å². The summed E-state index contributed by atoms with van der Waals surface area (Å²) in [5.41, 5.74) is 2.88. The van der Waals surface area contributed by atoms with Gasteiger partial charge in [-0.05, 0) is 94.4 Å². The summed E-state index contributed by atoms with van der Waals surface area (Å²) < 4.78 is 68.9. The van der Waals surface area contributed by atoms with Crippen LogP contribution in [0.4, 0.5) is 13.2 Å². The van der Waals surface area contributed by atoms with Gasteiger partial charge >= 0.3 is 0 Å². The first-order chi connectivity index (χ1) is 23.1. The minimum atomic E-state index is -0.766. The fourth-order valence-electron chi connectivity index (χ4n) is 5.86. The molecule has 0 saturated carbocycles. The van der Waals surface area contributed by atoms with E-state index < -0.39 is 17.0 Å². The van der Waals surface area contributed by atoms with E-state index in [4.69, 9.17) is 35.5 Å². The molecule has 4 aromatic rings. The molecule has 1 heterocycles. The lowest BCUT2D eigenvalue weighted by atomic mass is 9.71. The molecule has 0 radical (unpaired) electrons. The Hall–Kier alpha value is -3.22. The van der Waals surface area contributed by atoms with Gasteiger partial charge in [-0.15, -0.1) is 0 Å². The molecule has 5 rings (SSSR count). The molecule has 0 fully saturated rings. The Morgan fingerprint density at radius 2 is 1.67 bits per heavy atom. The molecule has 1 unspecified atom stereocenters. The zero-order valence-electron chi connectivity index (χ0n) is 27.7. The average molecular weight is 704 g/mol. The molecule has 48 heavy (non-hydrogen) atoms. The maximum absolute atomic E-state index is 15.6. The Bertz CT molecular complexity index is 1690. The quantitative estimate of drug-likeness (QED) is 0.0870. The summed E-state index contributed by atoms with van der Waals surface area (Å²) in [7, 11) is 5.53. The van der Waals surface area contributed by atoms with Crippen molar-refractivity contribution in [2.75, 3.05) is 60.8 Å². The number of rotatable bonds is 16. The highest BCUT2D eigenvalue weighted by atomic mass is 35.5. The molecule has 0 bridgehead atoms. The summed E-state index contributed by atoms with van der Waals surface area (Å²) in [4.78, 5) is 7.03. The lowest BCUT2D eigenvalue weighted by Crippen LogP contribution is -2.31. The van der Waals surface area contributed by atoms with Crippen molar-refractivity contribution in [3.63, 3.8) is 0 Å². The number of hydrogen-bond donors (Lipinski definition) is 0. The van der Waals surface area contributed by atoms with Crippen molar-refractivity contribution in [3.05, 3.63) is 99.6 Å². The number of likely N-dealkylation sites (N-methyl/N-ethyl adjacent to an activating group) is 1. The number of thioether (sulfide) groups is 1. The predicted molar refractivity (Wildman–Crippen MR) is 183 cm³/mol. The van der Waals surface area contributed by atoms with Crippen LogP contribution in [0.25, 0.3) is 5.69 Å². The first-order valence-corrected chi connectivity index (χ1v) is 17.2. The van der Waals surface area contributed by atoms with Crippen molar-refractivity contribution in [3.8, 4) is 17.2 Å². The van der Waals surface area contributed by atoms with Gasteiger partial charge in [0.1, 0.15) is 24.0 Å². The Morgan fingerprint density at radius 3 is 2.40 bits per heavy atom. The molecule has 1 aliphatic rings. The van der Waals surface area contributed by atoms with Gasteiger partial charge in [0.2, 0.25) is 0 Å². The van der Waals surface area contributed by atoms with Gasteiger partial charge in [-0.1, -0.05) is 29.4 Å². The summed E-state index contributed by atoms with van der Waals surface area (Å²) in [5.74, 6) is -1.35. The lowest BCUT2D eigenvalue weighted by molar-refractivity contribution is 0.0320. The minimum absolute atomic E-state index is 0.0434. The highest BCUT2D eigenvalue weighted by molar-refractivity contribution is 7.98. The van der Waals surface area contributed by atoms with Crippen molar-refractivity contribution in [2.45, 2.75) is 42.5 Å². The van der Waals surface area contributed by atoms with Crippen LogP contribution in [0.5, 0.6) is 11.5 Å². The highest BCUT2D eigenvalue weighted by Crippen LogP contribution is 2.47. The van der Waals surface area contributed by atoms with E-state index in [0.717, 1.165) is 42.8 Å². The second-order valence-corrected chi connectivity index (χ2v) is 13.4. The number of aryl methyl sites for hydroxylation is 1. The molecule has 1 aromatic heterocycles. The van der Waals surface area contributed by atoms with Crippen LogP contribution in [-0.4, -0.2) is 75.2 Å². The molecule has 0 saturated heterocycles. The van der Waals surface area contributed by atoms with E-state index in [9.17, 15) is 4.39 Å². The molecule has 3 aromatic carbocycles. The first kappa shape index (κ1) is 36.1. The summed E-state index contributed by atoms with van der Waals surface area (Å²) in [5, 5.41) is 1.06. The van der Waals surface area contributed by atoms with E-state index in [1.807, 2.05) is 41.8 Å². The van der Waals surface area contributed by atoms with Gasteiger partial charge in [-0.2, -0.15) is 0 Å². The second-order valence-electron chi connectivity index (χ2n) is 12.0. The Morgan fingerprint density at radius 1 is 0.938 bits per heavy atom. The van der Waals surface area contributed by atoms with Gasteiger partial charge in [-0.25, -0.2) is 18.2 Å². The van der Waals surface area contributed by atoms with Crippen molar-refractivity contribution >= 4 is 23.4 Å². The number of aromatic nitrogens is 2. The van der Waals surface area contributed by atoms with Crippen LogP contribution in [-0.2, 0) is 27.1 Å². The van der Waals surface area contributed by atoms with E-state index in [-0.39, 0.29) is 36.1 Å². The number of nitrogens with zero attached hydrogens (tertiary/aromatic N) is 3. The molecule has 258 valence electrons. The molecular formula is C36H41ClF3N3O4S. The summed E-state index contributed by atoms with van der Waals surface area (Å²) in [6.07, 6.45) is 2.43. The highest BCUT2D eigenvalue weighted by Gasteiger charge is 2.40. The van der Waals surface area contributed by atoms with Gasteiger partial charge in [0.05, 0.1) is 49.9 Å². The van der Waals surface area contributed by atoms with E-state index in [1.54, 1.807) is 19.2 Å². The van der Waals surface area contributed by atoms with Crippen LogP contribution < -0.4 is 9.47 Å². The number of fused-ring (bicyclic) bond motifs is 1. The van der Waals surface area contributed by atoms with E-state index in [0.29, 0.717) is 41.4 Å². The topological polar surface area (TPSA) is 58.0 Å². The summed E-state index contributed by atoms with van der Waals surface area (Å²) in [6, 6.07) is 14.4. The zero-order chi connectivity index (χ0) is 34.3. The smallest absolute Gasteiger partial charge is 0.173 e. The average Bonchev–Trinajstić information content (AvgIpc) is 3.45. The standard InChI is InChI=1S/C36H41ClF3N3O4S/c1-36(24-7-12-28(37)32(22-24)44-4)15-5-6-30-34(36)43(26-10-8-25(38)9-11-26)35(41-30)48-23-27-29(39)13-14-31(33(27)40)47-21-20-46-19-18-45-17-16-42(2)3/h7-14,22H,5-6,15-21,23H2,1-4H3. The Balaban J connectivity index is 1.36. The number of imidazole rings is 1. The molecule has 0 spiro atoms. The van der Waals surface area contributed by atoms with Gasteiger partial charge in [0, 0.05) is 29.0 Å². The molecule has 0 amide bonds. The Kier molecular flexibility index (Phi) is 12.4. The largest absolute Gasteiger partial charge is 0.495 e. The third-order valence-electron chi connectivity index (χ3n) is 8.44. The SMILES string of the molecule is COc1cc(C2(C)CCCc3nc(SCc4c(F)ccc(OCCOCCOCCN(C)C)c4F)n(-c4ccc(F)cc4)c32)ccc1Cl. The van der Waals surface area contributed by atoms with Gasteiger partial charge in [-0.3, -0.25) is 4.57 Å². The van der Waals surface area contributed by atoms with Gasteiger partial charge in [0.15, 0.2) is 16.7 Å². The van der Waals surface area contributed by atoms with Crippen LogP contribution in [0.3, 0.4) is 0 Å². The maximum Gasteiger partial charge on any atom is 0.173 e. The third kappa shape index (κ3) is 8.31. The van der Waals surface area contributed by atoms with Gasteiger partial charge in [0.25, 0.3) is 0 Å².